The monoisotopic (exact) mass is 451 g/mol. The molecule has 3 amide bonds. The first kappa shape index (κ1) is 26.7. The van der Waals surface area contributed by atoms with E-state index in [1.54, 1.807) is 65.8 Å². The van der Waals surface area contributed by atoms with E-state index in [9.17, 15) is 19.2 Å². The SMILES string of the molecule is COC(=O)C(Cc1ccccc1)NC(=O)N(CC(=O)OC(C)(C)C)NC(=O)OC(C)(C)C. The lowest BCUT2D eigenvalue weighted by atomic mass is 10.1. The lowest BCUT2D eigenvalue weighted by Crippen LogP contribution is -2.57. The summed E-state index contributed by atoms with van der Waals surface area (Å²) in [5.74, 6) is -1.45. The van der Waals surface area contributed by atoms with Crippen molar-refractivity contribution in [2.24, 2.45) is 0 Å². The van der Waals surface area contributed by atoms with Crippen molar-refractivity contribution >= 4 is 24.1 Å². The Bertz CT molecular complexity index is 768. The Labute approximate surface area is 188 Å². The molecule has 0 fully saturated rings. The lowest BCUT2D eigenvalue weighted by Gasteiger charge is -2.28. The maximum atomic E-state index is 12.9. The number of esters is 2. The number of rotatable bonds is 6. The van der Waals surface area contributed by atoms with Gasteiger partial charge in [-0.2, -0.15) is 0 Å². The molecule has 0 bridgehead atoms. The van der Waals surface area contributed by atoms with Crippen molar-refractivity contribution in [1.29, 1.82) is 0 Å². The quantitative estimate of drug-likeness (QED) is 0.387. The number of ether oxygens (including phenoxy) is 3. The van der Waals surface area contributed by atoms with Crippen molar-refractivity contribution in [1.82, 2.24) is 15.8 Å². The summed E-state index contributed by atoms with van der Waals surface area (Å²) in [6.45, 7) is 9.35. The van der Waals surface area contributed by atoms with Gasteiger partial charge in [0.1, 0.15) is 23.8 Å². The zero-order valence-corrected chi connectivity index (χ0v) is 19.7. The number of urea groups is 1. The minimum atomic E-state index is -1.06. The minimum Gasteiger partial charge on any atom is -0.467 e. The van der Waals surface area contributed by atoms with Crippen LogP contribution >= 0.6 is 0 Å². The van der Waals surface area contributed by atoms with E-state index in [0.29, 0.717) is 5.01 Å². The number of nitrogens with one attached hydrogen (secondary N) is 2. The van der Waals surface area contributed by atoms with Gasteiger partial charge in [-0.15, -0.1) is 0 Å². The molecule has 0 aliphatic rings. The van der Waals surface area contributed by atoms with E-state index in [2.05, 4.69) is 10.7 Å². The average Bonchev–Trinajstić information content (AvgIpc) is 2.64. The van der Waals surface area contributed by atoms with E-state index < -0.39 is 47.9 Å². The largest absolute Gasteiger partial charge is 0.467 e. The van der Waals surface area contributed by atoms with E-state index in [4.69, 9.17) is 14.2 Å². The molecular formula is C22H33N3O7. The van der Waals surface area contributed by atoms with Gasteiger partial charge in [-0.1, -0.05) is 30.3 Å². The van der Waals surface area contributed by atoms with Gasteiger partial charge in [-0.3, -0.25) is 4.79 Å². The summed E-state index contributed by atoms with van der Waals surface area (Å²) in [5.41, 5.74) is 1.37. The van der Waals surface area contributed by atoms with Crippen LogP contribution in [0.1, 0.15) is 47.1 Å². The third-order valence-corrected chi connectivity index (χ3v) is 3.64. The van der Waals surface area contributed by atoms with E-state index in [-0.39, 0.29) is 6.42 Å². The third kappa shape index (κ3) is 10.6. The molecule has 0 heterocycles. The number of nitrogens with zero attached hydrogens (tertiary/aromatic N) is 1. The fraction of sp³-hybridized carbons (Fsp3) is 0.545. The molecule has 10 heteroatoms. The predicted molar refractivity (Wildman–Crippen MR) is 116 cm³/mol. The van der Waals surface area contributed by atoms with Crippen molar-refractivity contribution in [3.8, 4) is 0 Å². The summed E-state index contributed by atoms with van der Waals surface area (Å²) in [6.07, 6.45) is -0.805. The van der Waals surface area contributed by atoms with Crippen molar-refractivity contribution in [2.45, 2.75) is 65.2 Å². The van der Waals surface area contributed by atoms with Gasteiger partial charge >= 0.3 is 24.1 Å². The summed E-state index contributed by atoms with van der Waals surface area (Å²) in [4.78, 5) is 49.6. The minimum absolute atomic E-state index is 0.145. The number of benzene rings is 1. The molecule has 32 heavy (non-hydrogen) atoms. The maximum Gasteiger partial charge on any atom is 0.426 e. The third-order valence-electron chi connectivity index (χ3n) is 3.64. The Morgan fingerprint density at radius 1 is 0.938 bits per heavy atom. The van der Waals surface area contributed by atoms with Crippen molar-refractivity contribution in [3.05, 3.63) is 35.9 Å². The van der Waals surface area contributed by atoms with Crippen LogP contribution in [0.3, 0.4) is 0 Å². The normalized spacial score (nSPS) is 12.2. The van der Waals surface area contributed by atoms with E-state index in [1.165, 1.54) is 7.11 Å². The van der Waals surface area contributed by atoms with Crippen LogP contribution < -0.4 is 10.7 Å². The van der Waals surface area contributed by atoms with E-state index in [1.807, 2.05) is 6.07 Å². The van der Waals surface area contributed by atoms with Crippen molar-refractivity contribution < 1.29 is 33.4 Å². The smallest absolute Gasteiger partial charge is 0.426 e. The highest BCUT2D eigenvalue weighted by Crippen LogP contribution is 2.10. The molecule has 1 aromatic rings. The van der Waals surface area contributed by atoms with Gasteiger partial charge in [0.15, 0.2) is 0 Å². The molecule has 0 saturated carbocycles. The number of hydrazine groups is 1. The Kier molecular flexibility index (Phi) is 9.49. The zero-order valence-electron chi connectivity index (χ0n) is 19.7. The molecule has 0 aliphatic heterocycles. The fourth-order valence-electron chi connectivity index (χ4n) is 2.49. The molecule has 2 N–H and O–H groups in total. The highest BCUT2D eigenvalue weighted by atomic mass is 16.6. The van der Waals surface area contributed by atoms with Crippen molar-refractivity contribution in [3.63, 3.8) is 0 Å². The summed E-state index contributed by atoms with van der Waals surface area (Å²) in [7, 11) is 1.20. The van der Waals surface area contributed by atoms with E-state index >= 15 is 0 Å². The molecular weight excluding hydrogens is 418 g/mol. The molecule has 178 valence electrons. The van der Waals surface area contributed by atoms with Crippen LogP contribution in [0.5, 0.6) is 0 Å². The number of amides is 3. The number of carbonyl (C=O) groups is 4. The standard InChI is InChI=1S/C22H33N3O7/c1-21(2,3)31-17(26)14-25(24-20(29)32-22(4,5)6)19(28)23-16(18(27)30-7)13-15-11-9-8-10-12-15/h8-12,16H,13-14H2,1-7H3,(H,23,28)(H,24,29). The number of hydrogen-bond acceptors (Lipinski definition) is 7. The van der Waals surface area contributed by atoms with Crippen LogP contribution in [0.4, 0.5) is 9.59 Å². The second-order valence-electron chi connectivity index (χ2n) is 9.00. The van der Waals surface area contributed by atoms with Gasteiger partial charge in [-0.25, -0.2) is 24.8 Å². The first-order valence-corrected chi connectivity index (χ1v) is 10.1. The Morgan fingerprint density at radius 3 is 2.00 bits per heavy atom. The number of methoxy groups -OCH3 is 1. The highest BCUT2D eigenvalue weighted by Gasteiger charge is 2.29. The van der Waals surface area contributed by atoms with Crippen LogP contribution in [0.15, 0.2) is 30.3 Å². The Morgan fingerprint density at radius 2 is 1.50 bits per heavy atom. The lowest BCUT2D eigenvalue weighted by molar-refractivity contribution is -0.155. The first-order chi connectivity index (χ1) is 14.7. The van der Waals surface area contributed by atoms with Gasteiger partial charge in [0.25, 0.3) is 0 Å². The van der Waals surface area contributed by atoms with Crippen LogP contribution in [-0.2, 0) is 30.2 Å². The Balaban J connectivity index is 3.02. The van der Waals surface area contributed by atoms with Crippen LogP contribution in [0, 0.1) is 0 Å². The van der Waals surface area contributed by atoms with E-state index in [0.717, 1.165) is 5.56 Å². The van der Waals surface area contributed by atoms with Crippen LogP contribution in [0.2, 0.25) is 0 Å². The van der Waals surface area contributed by atoms with Gasteiger partial charge in [0, 0.05) is 6.42 Å². The highest BCUT2D eigenvalue weighted by molar-refractivity contribution is 5.87. The molecule has 1 rings (SSSR count). The van der Waals surface area contributed by atoms with Gasteiger partial charge in [0.2, 0.25) is 0 Å². The molecule has 0 aromatic heterocycles. The molecule has 1 atom stereocenters. The number of carbonyl (C=O) groups excluding carboxylic acids is 4. The zero-order chi connectivity index (χ0) is 24.5. The fourth-order valence-corrected chi connectivity index (χ4v) is 2.49. The van der Waals surface area contributed by atoms with Crippen LogP contribution in [-0.4, -0.2) is 60.0 Å². The average molecular weight is 452 g/mol. The Hall–Kier alpha value is -3.30. The topological polar surface area (TPSA) is 123 Å². The molecule has 0 saturated heterocycles. The maximum absolute atomic E-state index is 12.9. The van der Waals surface area contributed by atoms with Gasteiger partial charge < -0.3 is 19.5 Å². The summed E-state index contributed by atoms with van der Waals surface area (Å²) < 4.78 is 15.2. The first-order valence-electron chi connectivity index (χ1n) is 10.1. The summed E-state index contributed by atoms with van der Waals surface area (Å²) >= 11 is 0. The molecule has 0 radical (unpaired) electrons. The second-order valence-corrected chi connectivity index (χ2v) is 9.00. The number of hydrogen-bond donors (Lipinski definition) is 2. The van der Waals surface area contributed by atoms with Crippen LogP contribution in [0.25, 0.3) is 0 Å². The summed E-state index contributed by atoms with van der Waals surface area (Å²) in [5, 5.41) is 3.18. The molecule has 0 aliphatic carbocycles. The second kappa shape index (κ2) is 11.4. The van der Waals surface area contributed by atoms with Gasteiger partial charge in [0.05, 0.1) is 7.11 Å². The summed E-state index contributed by atoms with van der Waals surface area (Å²) in [6, 6.07) is 7.03. The molecule has 1 unspecified atom stereocenters. The predicted octanol–water partition coefficient (Wildman–Crippen LogP) is 2.56. The molecule has 0 spiro atoms. The molecule has 1 aromatic carbocycles. The molecule has 10 nitrogen and oxygen atoms in total. The van der Waals surface area contributed by atoms with Crippen molar-refractivity contribution in [2.75, 3.05) is 13.7 Å². The van der Waals surface area contributed by atoms with Gasteiger partial charge in [-0.05, 0) is 47.1 Å².